The molecular weight excluding hydrogens is 301 g/mol. The maximum Gasteiger partial charge on any atom is 0.241 e. The number of primary amides is 1. The van der Waals surface area contributed by atoms with Gasteiger partial charge in [0.05, 0.1) is 5.02 Å². The van der Waals surface area contributed by atoms with Crippen LogP contribution in [0.5, 0.6) is 5.75 Å². The lowest BCUT2D eigenvalue weighted by Crippen LogP contribution is -2.04. The fraction of sp³-hybridized carbons (Fsp3) is 0.0714. The monoisotopic (exact) mass is 311 g/mol. The number of halogens is 2. The highest BCUT2D eigenvalue weighted by Gasteiger charge is 2.07. The van der Waals surface area contributed by atoms with Gasteiger partial charge >= 0.3 is 0 Å². The van der Waals surface area contributed by atoms with Crippen LogP contribution in [-0.4, -0.2) is 5.91 Å². The van der Waals surface area contributed by atoms with Crippen molar-refractivity contribution >= 4 is 35.2 Å². The van der Waals surface area contributed by atoms with Crippen LogP contribution >= 0.6 is 23.2 Å². The van der Waals surface area contributed by atoms with E-state index in [1.165, 1.54) is 12.2 Å². The van der Waals surface area contributed by atoms with Crippen LogP contribution in [0.15, 0.2) is 40.8 Å². The van der Waals surface area contributed by atoms with E-state index >= 15 is 0 Å². The van der Waals surface area contributed by atoms with Crippen molar-refractivity contribution in [3.8, 4) is 5.75 Å². The Morgan fingerprint density at radius 2 is 2.10 bits per heavy atom. The molecule has 0 aliphatic carbocycles. The van der Waals surface area contributed by atoms with Crippen LogP contribution < -0.4 is 10.5 Å². The maximum absolute atomic E-state index is 10.6. The van der Waals surface area contributed by atoms with E-state index in [2.05, 4.69) is 0 Å². The minimum atomic E-state index is -0.537. The topological polar surface area (TPSA) is 65.5 Å². The molecule has 0 atom stereocenters. The van der Waals surface area contributed by atoms with Gasteiger partial charge in [-0.2, -0.15) is 0 Å². The van der Waals surface area contributed by atoms with Crippen LogP contribution in [-0.2, 0) is 11.4 Å². The number of carbonyl (C=O) groups is 1. The van der Waals surface area contributed by atoms with Crippen molar-refractivity contribution in [3.05, 3.63) is 58.0 Å². The molecule has 2 aromatic rings. The fourth-order valence-electron chi connectivity index (χ4n) is 1.47. The molecule has 1 aromatic carbocycles. The summed E-state index contributed by atoms with van der Waals surface area (Å²) < 4.78 is 10.9. The second-order valence-corrected chi connectivity index (χ2v) is 4.67. The van der Waals surface area contributed by atoms with Gasteiger partial charge in [-0.15, -0.1) is 0 Å². The molecule has 0 fully saturated rings. The van der Waals surface area contributed by atoms with Crippen molar-refractivity contribution in [2.45, 2.75) is 6.61 Å². The van der Waals surface area contributed by atoms with Gasteiger partial charge in [-0.25, -0.2) is 0 Å². The molecule has 0 spiro atoms. The smallest absolute Gasteiger partial charge is 0.241 e. The molecule has 0 aliphatic rings. The fourth-order valence-corrected chi connectivity index (χ4v) is 1.82. The molecule has 0 radical (unpaired) electrons. The van der Waals surface area contributed by atoms with Gasteiger partial charge < -0.3 is 14.9 Å². The van der Waals surface area contributed by atoms with Gasteiger partial charge in [0, 0.05) is 6.08 Å². The lowest BCUT2D eigenvalue weighted by atomic mass is 10.3. The van der Waals surface area contributed by atoms with Crippen LogP contribution in [0.25, 0.3) is 6.08 Å². The lowest BCUT2D eigenvalue weighted by Gasteiger charge is -2.06. The third kappa shape index (κ3) is 3.79. The van der Waals surface area contributed by atoms with Gasteiger partial charge in [-0.05, 0) is 30.3 Å². The minimum Gasteiger partial charge on any atom is -0.484 e. The molecule has 0 bridgehead atoms. The summed E-state index contributed by atoms with van der Waals surface area (Å²) in [5.41, 5.74) is 4.99. The Morgan fingerprint density at radius 1 is 1.30 bits per heavy atom. The Morgan fingerprint density at radius 3 is 2.85 bits per heavy atom. The highest BCUT2D eigenvalue weighted by molar-refractivity contribution is 6.42. The van der Waals surface area contributed by atoms with Gasteiger partial charge in [0.1, 0.15) is 28.9 Å². The predicted octanol–water partition coefficient (Wildman–Crippen LogP) is 3.66. The summed E-state index contributed by atoms with van der Waals surface area (Å²) in [5, 5.41) is 0.781. The van der Waals surface area contributed by atoms with Gasteiger partial charge in [0.2, 0.25) is 5.91 Å². The molecule has 1 amide bonds. The van der Waals surface area contributed by atoms with E-state index in [1.807, 2.05) is 0 Å². The Bertz CT molecular complexity index is 650. The van der Waals surface area contributed by atoms with Gasteiger partial charge in [0.15, 0.2) is 0 Å². The first-order valence-corrected chi connectivity index (χ1v) is 6.45. The molecule has 20 heavy (non-hydrogen) atoms. The molecule has 0 saturated carbocycles. The summed E-state index contributed by atoms with van der Waals surface area (Å²) >= 11 is 11.9. The molecule has 1 heterocycles. The highest BCUT2D eigenvalue weighted by Crippen LogP contribution is 2.32. The molecule has 0 aliphatic heterocycles. The third-order valence-corrected chi connectivity index (χ3v) is 3.18. The zero-order chi connectivity index (χ0) is 14.5. The predicted molar refractivity (Wildman–Crippen MR) is 77.7 cm³/mol. The number of hydrogen-bond donors (Lipinski definition) is 1. The summed E-state index contributed by atoms with van der Waals surface area (Å²) in [4.78, 5) is 10.6. The van der Waals surface area contributed by atoms with Crippen LogP contribution in [0.2, 0.25) is 10.0 Å². The first kappa shape index (κ1) is 14.5. The van der Waals surface area contributed by atoms with E-state index in [0.717, 1.165) is 0 Å². The lowest BCUT2D eigenvalue weighted by molar-refractivity contribution is -0.113. The Hall–Kier alpha value is -1.91. The Balaban J connectivity index is 2.01. The Labute approximate surface area is 125 Å². The quantitative estimate of drug-likeness (QED) is 0.857. The van der Waals surface area contributed by atoms with Gasteiger partial charge in [-0.3, -0.25) is 4.79 Å². The summed E-state index contributed by atoms with van der Waals surface area (Å²) in [6, 6.07) is 8.57. The number of ether oxygens (including phenoxy) is 1. The zero-order valence-electron chi connectivity index (χ0n) is 10.3. The normalized spacial score (nSPS) is 10.9. The first-order chi connectivity index (χ1) is 9.56. The summed E-state index contributed by atoms with van der Waals surface area (Å²) in [6.07, 6.45) is 2.70. The molecular formula is C14H11Cl2NO3. The number of amides is 1. The minimum absolute atomic E-state index is 0.199. The van der Waals surface area contributed by atoms with Crippen LogP contribution in [0.3, 0.4) is 0 Å². The molecule has 1 aromatic heterocycles. The second-order valence-electron chi connectivity index (χ2n) is 3.88. The van der Waals surface area contributed by atoms with Crippen molar-refractivity contribution < 1.29 is 13.9 Å². The molecule has 2 N–H and O–H groups in total. The molecule has 104 valence electrons. The molecule has 0 unspecified atom stereocenters. The number of carbonyl (C=O) groups excluding carboxylic acids is 1. The maximum atomic E-state index is 10.6. The Kier molecular flexibility index (Phi) is 4.71. The van der Waals surface area contributed by atoms with E-state index in [9.17, 15) is 4.79 Å². The summed E-state index contributed by atoms with van der Waals surface area (Å²) in [5.74, 6) is 1.04. The average Bonchev–Trinajstić information content (AvgIpc) is 2.86. The van der Waals surface area contributed by atoms with Gasteiger partial charge in [0.25, 0.3) is 0 Å². The van der Waals surface area contributed by atoms with Crippen molar-refractivity contribution in [2.24, 2.45) is 5.73 Å². The number of benzene rings is 1. The van der Waals surface area contributed by atoms with E-state index in [0.29, 0.717) is 27.3 Å². The van der Waals surface area contributed by atoms with E-state index in [-0.39, 0.29) is 6.61 Å². The molecule has 4 nitrogen and oxygen atoms in total. The van der Waals surface area contributed by atoms with E-state index in [4.69, 9.17) is 38.1 Å². The summed E-state index contributed by atoms with van der Waals surface area (Å²) in [7, 11) is 0. The van der Waals surface area contributed by atoms with E-state index < -0.39 is 5.91 Å². The largest absolute Gasteiger partial charge is 0.484 e. The van der Waals surface area contributed by atoms with Crippen LogP contribution in [0, 0.1) is 0 Å². The third-order valence-electron chi connectivity index (χ3n) is 2.38. The SMILES string of the molecule is NC(=O)/C=C\c1ccc(COc2cccc(Cl)c2Cl)o1. The zero-order valence-corrected chi connectivity index (χ0v) is 11.8. The van der Waals surface area contributed by atoms with Gasteiger partial charge in [-0.1, -0.05) is 29.3 Å². The number of hydrogen-bond acceptors (Lipinski definition) is 3. The standard InChI is InChI=1S/C14H11Cl2NO3/c15-11-2-1-3-12(14(11)16)19-8-10-5-4-9(20-10)6-7-13(17)18/h1-7H,8H2,(H2,17,18)/b7-6-. The number of furan rings is 1. The average molecular weight is 312 g/mol. The van der Waals surface area contributed by atoms with Crippen molar-refractivity contribution in [1.82, 2.24) is 0 Å². The van der Waals surface area contributed by atoms with E-state index in [1.54, 1.807) is 30.3 Å². The van der Waals surface area contributed by atoms with Crippen molar-refractivity contribution in [3.63, 3.8) is 0 Å². The van der Waals surface area contributed by atoms with Crippen LogP contribution in [0.1, 0.15) is 11.5 Å². The van der Waals surface area contributed by atoms with Crippen molar-refractivity contribution in [1.29, 1.82) is 0 Å². The number of nitrogens with two attached hydrogens (primary N) is 1. The molecule has 6 heteroatoms. The number of rotatable bonds is 5. The summed E-state index contributed by atoms with van der Waals surface area (Å²) in [6.45, 7) is 0.199. The van der Waals surface area contributed by atoms with Crippen LogP contribution in [0.4, 0.5) is 0 Å². The van der Waals surface area contributed by atoms with Crippen molar-refractivity contribution in [2.75, 3.05) is 0 Å². The highest BCUT2D eigenvalue weighted by atomic mass is 35.5. The second kappa shape index (κ2) is 6.50. The molecule has 0 saturated heterocycles. The first-order valence-electron chi connectivity index (χ1n) is 5.69. The molecule has 2 rings (SSSR count).